The molecule has 0 heterocycles. The second kappa shape index (κ2) is 14.0. The molecule has 0 unspecified atom stereocenters. The minimum atomic E-state index is -0.288. The van der Waals surface area contributed by atoms with Crippen LogP contribution in [0.5, 0.6) is 5.75 Å². The Kier molecular flexibility index (Phi) is 11.3. The fourth-order valence-corrected chi connectivity index (χ4v) is 3.36. The van der Waals surface area contributed by atoms with E-state index < -0.39 is 0 Å². The van der Waals surface area contributed by atoms with Gasteiger partial charge in [-0.05, 0) is 42.2 Å². The summed E-state index contributed by atoms with van der Waals surface area (Å²) < 4.78 is 22.7. The minimum absolute atomic E-state index is 0.0286. The minimum Gasteiger partial charge on any atom is -0.497 e. The van der Waals surface area contributed by atoms with E-state index >= 15 is 0 Å². The third-order valence-corrected chi connectivity index (χ3v) is 5.26. The van der Waals surface area contributed by atoms with Gasteiger partial charge in [-0.1, -0.05) is 62.4 Å². The van der Waals surface area contributed by atoms with Crippen molar-refractivity contribution >= 4 is 0 Å². The van der Waals surface area contributed by atoms with Gasteiger partial charge in [-0.25, -0.2) is 0 Å². The molecule has 170 valence electrons. The van der Waals surface area contributed by atoms with E-state index in [2.05, 4.69) is 26.8 Å². The van der Waals surface area contributed by atoms with Crippen molar-refractivity contribution in [3.63, 3.8) is 0 Å². The van der Waals surface area contributed by atoms with Gasteiger partial charge < -0.3 is 24.1 Å². The largest absolute Gasteiger partial charge is 0.497 e. The number of rotatable bonds is 14. The normalized spacial score (nSPS) is 14.8. The summed E-state index contributed by atoms with van der Waals surface area (Å²) in [5, 5.41) is 9.82. The number of aliphatic hydroxyl groups excluding tert-OH is 1. The van der Waals surface area contributed by atoms with Gasteiger partial charge in [0.25, 0.3) is 0 Å². The summed E-state index contributed by atoms with van der Waals surface area (Å²) in [4.78, 5) is 0. The lowest BCUT2D eigenvalue weighted by Crippen LogP contribution is -2.26. The molecule has 0 spiro atoms. The number of aliphatic hydroxyl groups is 1. The van der Waals surface area contributed by atoms with E-state index in [1.165, 1.54) is 0 Å². The highest BCUT2D eigenvalue weighted by atomic mass is 16.7. The maximum absolute atomic E-state index is 9.82. The Hall–Kier alpha value is -2.18. The average molecular weight is 429 g/mol. The number of ether oxygens (including phenoxy) is 4. The van der Waals surface area contributed by atoms with E-state index in [-0.39, 0.29) is 31.5 Å². The second-order valence-electron chi connectivity index (χ2n) is 7.67. The van der Waals surface area contributed by atoms with Crippen LogP contribution < -0.4 is 4.74 Å². The van der Waals surface area contributed by atoms with Gasteiger partial charge in [0.1, 0.15) is 12.5 Å². The predicted molar refractivity (Wildman–Crippen MR) is 123 cm³/mol. The molecule has 0 aliphatic heterocycles. The molecule has 5 nitrogen and oxygen atoms in total. The van der Waals surface area contributed by atoms with Crippen LogP contribution in [0.25, 0.3) is 0 Å². The topological polar surface area (TPSA) is 57.2 Å². The van der Waals surface area contributed by atoms with Crippen molar-refractivity contribution < 1.29 is 24.1 Å². The first-order valence-electron chi connectivity index (χ1n) is 10.8. The van der Waals surface area contributed by atoms with E-state index in [0.29, 0.717) is 13.2 Å². The smallest absolute Gasteiger partial charge is 0.147 e. The van der Waals surface area contributed by atoms with Crippen LogP contribution >= 0.6 is 0 Å². The molecular weight excluding hydrogens is 392 g/mol. The zero-order valence-electron chi connectivity index (χ0n) is 19.1. The SMILES string of the molecule is CC[C@@H](OCOCc1ccccc1)/C(C)=C/[C@@H](C)[C@@H](CO)OCc1ccc(OC)cc1. The van der Waals surface area contributed by atoms with Gasteiger partial charge in [-0.2, -0.15) is 0 Å². The fourth-order valence-electron chi connectivity index (χ4n) is 3.36. The van der Waals surface area contributed by atoms with Crippen molar-refractivity contribution in [2.45, 2.75) is 52.6 Å². The average Bonchev–Trinajstić information content (AvgIpc) is 2.80. The molecule has 0 saturated carbocycles. The van der Waals surface area contributed by atoms with Crippen molar-refractivity contribution in [1.29, 1.82) is 0 Å². The molecule has 31 heavy (non-hydrogen) atoms. The summed E-state index contributed by atoms with van der Waals surface area (Å²) in [5.41, 5.74) is 3.28. The third kappa shape index (κ3) is 8.83. The monoisotopic (exact) mass is 428 g/mol. The first-order chi connectivity index (χ1) is 15.1. The number of benzene rings is 2. The lowest BCUT2D eigenvalue weighted by Gasteiger charge is -2.23. The van der Waals surface area contributed by atoms with E-state index in [0.717, 1.165) is 28.9 Å². The van der Waals surface area contributed by atoms with Gasteiger partial charge in [0.05, 0.1) is 39.1 Å². The van der Waals surface area contributed by atoms with Crippen LogP contribution in [-0.4, -0.2) is 37.8 Å². The second-order valence-corrected chi connectivity index (χ2v) is 7.67. The molecule has 0 radical (unpaired) electrons. The van der Waals surface area contributed by atoms with Crippen molar-refractivity contribution in [3.8, 4) is 5.75 Å². The molecule has 2 rings (SSSR count). The van der Waals surface area contributed by atoms with Crippen LogP contribution in [0.15, 0.2) is 66.2 Å². The van der Waals surface area contributed by atoms with Crippen LogP contribution in [-0.2, 0) is 27.4 Å². The van der Waals surface area contributed by atoms with Crippen LogP contribution in [0.3, 0.4) is 0 Å². The Morgan fingerprint density at radius 1 is 0.968 bits per heavy atom. The maximum Gasteiger partial charge on any atom is 0.147 e. The molecule has 0 bridgehead atoms. The summed E-state index contributed by atoms with van der Waals surface area (Å²) in [5.74, 6) is 0.860. The highest BCUT2D eigenvalue weighted by molar-refractivity contribution is 5.26. The lowest BCUT2D eigenvalue weighted by molar-refractivity contribution is -0.0862. The van der Waals surface area contributed by atoms with Gasteiger partial charge in [0.15, 0.2) is 0 Å². The Balaban J connectivity index is 1.82. The van der Waals surface area contributed by atoms with Crippen LogP contribution in [0, 0.1) is 5.92 Å². The molecule has 2 aromatic carbocycles. The summed E-state index contributed by atoms with van der Waals surface area (Å²) in [6.45, 7) is 7.36. The van der Waals surface area contributed by atoms with Crippen LogP contribution in [0.1, 0.15) is 38.3 Å². The Bertz CT molecular complexity index is 757. The zero-order valence-corrected chi connectivity index (χ0v) is 19.1. The molecule has 0 aliphatic rings. The van der Waals surface area contributed by atoms with Crippen molar-refractivity contribution in [3.05, 3.63) is 77.4 Å². The third-order valence-electron chi connectivity index (χ3n) is 5.26. The zero-order chi connectivity index (χ0) is 22.5. The number of methoxy groups -OCH3 is 1. The summed E-state index contributed by atoms with van der Waals surface area (Å²) in [6, 6.07) is 17.8. The molecule has 2 aromatic rings. The Morgan fingerprint density at radius 2 is 1.65 bits per heavy atom. The van der Waals surface area contributed by atoms with Crippen molar-refractivity contribution in [1.82, 2.24) is 0 Å². The van der Waals surface area contributed by atoms with Gasteiger partial charge in [0.2, 0.25) is 0 Å². The summed E-state index contributed by atoms with van der Waals surface area (Å²) in [6.07, 6.45) is 2.66. The van der Waals surface area contributed by atoms with Crippen LogP contribution in [0.2, 0.25) is 0 Å². The molecule has 0 saturated heterocycles. The summed E-state index contributed by atoms with van der Waals surface area (Å²) >= 11 is 0. The summed E-state index contributed by atoms with van der Waals surface area (Å²) in [7, 11) is 1.65. The molecule has 0 aliphatic carbocycles. The molecule has 0 fully saturated rings. The first kappa shape index (κ1) is 25.1. The van der Waals surface area contributed by atoms with Crippen LogP contribution in [0.4, 0.5) is 0 Å². The standard InChI is InChI=1S/C26H36O5/c1-5-25(31-19-29-17-22-9-7-6-8-10-22)20(2)15-21(3)26(16-27)30-18-23-11-13-24(28-4)14-12-23/h6-15,21,25-27H,5,16-19H2,1-4H3/b20-15+/t21-,25-,26-/m1/s1. The molecule has 0 aromatic heterocycles. The van der Waals surface area contributed by atoms with Gasteiger partial charge in [0, 0.05) is 5.92 Å². The molecular formula is C26H36O5. The van der Waals surface area contributed by atoms with Gasteiger partial charge in [-0.15, -0.1) is 0 Å². The maximum atomic E-state index is 9.82. The Morgan fingerprint density at radius 3 is 2.26 bits per heavy atom. The number of hydrogen-bond acceptors (Lipinski definition) is 5. The van der Waals surface area contributed by atoms with E-state index in [9.17, 15) is 5.11 Å². The van der Waals surface area contributed by atoms with E-state index in [1.807, 2.05) is 54.6 Å². The Labute approximate surface area is 186 Å². The van der Waals surface area contributed by atoms with E-state index in [1.54, 1.807) is 7.11 Å². The molecule has 1 N–H and O–H groups in total. The number of hydrogen-bond donors (Lipinski definition) is 1. The van der Waals surface area contributed by atoms with E-state index in [4.69, 9.17) is 18.9 Å². The quantitative estimate of drug-likeness (QED) is 0.257. The molecule has 3 atom stereocenters. The predicted octanol–water partition coefficient (Wildman–Crippen LogP) is 5.12. The molecule has 0 amide bonds. The van der Waals surface area contributed by atoms with Crippen molar-refractivity contribution in [2.75, 3.05) is 20.5 Å². The lowest BCUT2D eigenvalue weighted by atomic mass is 9.98. The first-order valence-corrected chi connectivity index (χ1v) is 10.8. The highest BCUT2D eigenvalue weighted by Gasteiger charge is 2.18. The fraction of sp³-hybridized carbons (Fsp3) is 0.462. The molecule has 5 heteroatoms. The highest BCUT2D eigenvalue weighted by Crippen LogP contribution is 2.19. The van der Waals surface area contributed by atoms with Crippen molar-refractivity contribution in [2.24, 2.45) is 5.92 Å². The van der Waals surface area contributed by atoms with Gasteiger partial charge in [-0.3, -0.25) is 0 Å². The van der Waals surface area contributed by atoms with Gasteiger partial charge >= 0.3 is 0 Å².